The highest BCUT2D eigenvalue weighted by Gasteiger charge is 2.02. The summed E-state index contributed by atoms with van der Waals surface area (Å²) in [5.41, 5.74) is 0.592. The van der Waals surface area contributed by atoms with Crippen LogP contribution in [-0.4, -0.2) is 17.1 Å². The van der Waals surface area contributed by atoms with Crippen LogP contribution >= 0.6 is 11.9 Å². The van der Waals surface area contributed by atoms with Gasteiger partial charge in [-0.1, -0.05) is 11.9 Å². The fourth-order valence-electron chi connectivity index (χ4n) is 0.619. The Balaban J connectivity index is 2.59. The second-order valence-electron chi connectivity index (χ2n) is 1.72. The third-order valence-corrected chi connectivity index (χ3v) is 1.43. The molecule has 0 atom stereocenters. The zero-order valence-corrected chi connectivity index (χ0v) is 6.37. The van der Waals surface area contributed by atoms with Gasteiger partial charge < -0.3 is 4.98 Å². The molecule has 1 amide bonds. The molecule has 1 aromatic heterocycles. The number of carbonyl (C=O) groups is 1. The highest BCUT2D eigenvalue weighted by atomic mass is 32.2. The SMILES string of the molecule is CSNC(=O)c1ccc[nH]1. The van der Waals surface area contributed by atoms with Crippen molar-refractivity contribution >= 4 is 17.9 Å². The smallest absolute Gasteiger partial charge is 0.277 e. The molecule has 0 bridgehead atoms. The van der Waals surface area contributed by atoms with Crippen molar-refractivity contribution in [3.05, 3.63) is 24.0 Å². The van der Waals surface area contributed by atoms with E-state index in [1.54, 1.807) is 24.6 Å². The lowest BCUT2D eigenvalue weighted by Gasteiger charge is -1.95. The van der Waals surface area contributed by atoms with E-state index in [4.69, 9.17) is 0 Å². The number of hydrogen-bond acceptors (Lipinski definition) is 2. The number of aromatic amines is 1. The molecule has 0 spiro atoms. The van der Waals surface area contributed by atoms with Gasteiger partial charge in [0.05, 0.1) is 0 Å². The van der Waals surface area contributed by atoms with Crippen LogP contribution in [-0.2, 0) is 0 Å². The fraction of sp³-hybridized carbons (Fsp3) is 0.167. The molecule has 0 fully saturated rings. The Morgan fingerprint density at radius 2 is 2.60 bits per heavy atom. The molecule has 1 aromatic rings. The summed E-state index contributed by atoms with van der Waals surface area (Å²) in [5.74, 6) is -0.0856. The Morgan fingerprint density at radius 3 is 3.10 bits per heavy atom. The molecule has 0 unspecified atom stereocenters. The molecule has 1 heterocycles. The van der Waals surface area contributed by atoms with Crippen molar-refractivity contribution in [2.24, 2.45) is 0 Å². The average Bonchev–Trinajstić information content (AvgIpc) is 2.38. The lowest BCUT2D eigenvalue weighted by molar-refractivity contribution is 0.0980. The molecular formula is C6H8N2OS. The van der Waals surface area contributed by atoms with Gasteiger partial charge in [-0.05, 0) is 12.1 Å². The first kappa shape index (κ1) is 7.21. The maximum absolute atomic E-state index is 10.9. The number of H-pyrrole nitrogens is 1. The molecular weight excluding hydrogens is 148 g/mol. The molecule has 1 rings (SSSR count). The monoisotopic (exact) mass is 156 g/mol. The minimum absolute atomic E-state index is 0.0856. The predicted octanol–water partition coefficient (Wildman–Crippen LogP) is 1.02. The molecule has 54 valence electrons. The molecule has 0 aliphatic rings. The number of nitrogens with one attached hydrogen (secondary N) is 2. The fourth-order valence-corrected chi connectivity index (χ4v) is 0.915. The second kappa shape index (κ2) is 3.31. The zero-order valence-electron chi connectivity index (χ0n) is 5.55. The first-order chi connectivity index (χ1) is 4.84. The third-order valence-electron chi connectivity index (χ3n) is 1.04. The van der Waals surface area contributed by atoms with E-state index in [9.17, 15) is 4.79 Å². The summed E-state index contributed by atoms with van der Waals surface area (Å²) in [7, 11) is 0. The van der Waals surface area contributed by atoms with Gasteiger partial charge in [0.2, 0.25) is 0 Å². The van der Waals surface area contributed by atoms with Gasteiger partial charge in [0.25, 0.3) is 5.91 Å². The van der Waals surface area contributed by atoms with Crippen LogP contribution in [0.25, 0.3) is 0 Å². The first-order valence-corrected chi connectivity index (χ1v) is 4.04. The van der Waals surface area contributed by atoms with Gasteiger partial charge >= 0.3 is 0 Å². The van der Waals surface area contributed by atoms with Crippen LogP contribution in [0.4, 0.5) is 0 Å². The van der Waals surface area contributed by atoms with E-state index in [1.165, 1.54) is 11.9 Å². The van der Waals surface area contributed by atoms with E-state index in [0.29, 0.717) is 5.69 Å². The number of aromatic nitrogens is 1. The predicted molar refractivity (Wildman–Crippen MR) is 41.8 cm³/mol. The van der Waals surface area contributed by atoms with Crippen molar-refractivity contribution in [2.75, 3.05) is 6.26 Å². The van der Waals surface area contributed by atoms with E-state index in [1.807, 2.05) is 0 Å². The third kappa shape index (κ3) is 1.54. The van der Waals surface area contributed by atoms with E-state index < -0.39 is 0 Å². The Morgan fingerprint density at radius 1 is 1.80 bits per heavy atom. The molecule has 4 heteroatoms. The van der Waals surface area contributed by atoms with E-state index in [-0.39, 0.29) is 5.91 Å². The lowest BCUT2D eigenvalue weighted by atomic mass is 10.4. The van der Waals surface area contributed by atoms with E-state index >= 15 is 0 Å². The number of carbonyl (C=O) groups excluding carboxylic acids is 1. The normalized spacial score (nSPS) is 9.30. The summed E-state index contributed by atoms with van der Waals surface area (Å²) in [4.78, 5) is 13.7. The minimum atomic E-state index is -0.0856. The summed E-state index contributed by atoms with van der Waals surface area (Å²) in [6.07, 6.45) is 3.52. The van der Waals surface area contributed by atoms with Gasteiger partial charge in [0.1, 0.15) is 5.69 Å². The summed E-state index contributed by atoms with van der Waals surface area (Å²) < 4.78 is 2.59. The Hall–Kier alpha value is -0.900. The van der Waals surface area contributed by atoms with E-state index in [2.05, 4.69) is 9.71 Å². The van der Waals surface area contributed by atoms with Crippen LogP contribution < -0.4 is 4.72 Å². The van der Waals surface area contributed by atoms with E-state index in [0.717, 1.165) is 0 Å². The molecule has 2 N–H and O–H groups in total. The quantitative estimate of drug-likeness (QED) is 0.628. The lowest BCUT2D eigenvalue weighted by Crippen LogP contribution is -2.15. The first-order valence-electron chi connectivity index (χ1n) is 2.81. The maximum Gasteiger partial charge on any atom is 0.277 e. The van der Waals surface area contributed by atoms with Gasteiger partial charge in [-0.25, -0.2) is 0 Å². The molecule has 3 nitrogen and oxygen atoms in total. The molecule has 0 aromatic carbocycles. The van der Waals surface area contributed by atoms with Gasteiger partial charge in [0.15, 0.2) is 0 Å². The Kier molecular flexibility index (Phi) is 2.39. The molecule has 10 heavy (non-hydrogen) atoms. The van der Waals surface area contributed by atoms with Crippen LogP contribution in [0.5, 0.6) is 0 Å². The molecule has 0 saturated heterocycles. The van der Waals surface area contributed by atoms with Crippen LogP contribution in [0, 0.1) is 0 Å². The van der Waals surface area contributed by atoms with Crippen LogP contribution in [0.3, 0.4) is 0 Å². The number of amides is 1. The summed E-state index contributed by atoms with van der Waals surface area (Å²) in [6, 6.07) is 3.51. The van der Waals surface area contributed by atoms with Crippen molar-refractivity contribution < 1.29 is 4.79 Å². The Labute approximate surface area is 63.3 Å². The van der Waals surface area contributed by atoms with Gasteiger partial charge in [-0.2, -0.15) is 0 Å². The van der Waals surface area contributed by atoms with Crippen molar-refractivity contribution in [2.45, 2.75) is 0 Å². The highest BCUT2D eigenvalue weighted by Crippen LogP contribution is 1.95. The highest BCUT2D eigenvalue weighted by molar-refractivity contribution is 7.97. The maximum atomic E-state index is 10.9. The van der Waals surface area contributed by atoms with Crippen molar-refractivity contribution in [1.29, 1.82) is 0 Å². The number of rotatable bonds is 2. The van der Waals surface area contributed by atoms with Crippen LogP contribution in [0.1, 0.15) is 10.5 Å². The van der Waals surface area contributed by atoms with Crippen molar-refractivity contribution in [3.8, 4) is 0 Å². The summed E-state index contributed by atoms with van der Waals surface area (Å²) in [5, 5.41) is 0. The topological polar surface area (TPSA) is 44.9 Å². The largest absolute Gasteiger partial charge is 0.357 e. The standard InChI is InChI=1S/C6H8N2OS/c1-10-8-6(9)5-3-2-4-7-5/h2-4,7H,1H3,(H,8,9). The summed E-state index contributed by atoms with van der Waals surface area (Å²) >= 11 is 1.29. The van der Waals surface area contributed by atoms with Gasteiger partial charge in [-0.15, -0.1) is 0 Å². The van der Waals surface area contributed by atoms with Gasteiger partial charge in [-0.3, -0.25) is 9.52 Å². The zero-order chi connectivity index (χ0) is 7.40. The Bertz CT molecular complexity index is 208. The average molecular weight is 156 g/mol. The second-order valence-corrected chi connectivity index (χ2v) is 2.33. The van der Waals surface area contributed by atoms with Crippen LogP contribution in [0.15, 0.2) is 18.3 Å². The molecule has 0 saturated carbocycles. The molecule has 0 aliphatic carbocycles. The van der Waals surface area contributed by atoms with Crippen molar-refractivity contribution in [3.63, 3.8) is 0 Å². The van der Waals surface area contributed by atoms with Crippen LogP contribution in [0.2, 0.25) is 0 Å². The molecule has 0 radical (unpaired) electrons. The summed E-state index contributed by atoms with van der Waals surface area (Å²) in [6.45, 7) is 0. The molecule has 0 aliphatic heterocycles. The van der Waals surface area contributed by atoms with Gasteiger partial charge in [0, 0.05) is 12.5 Å². The minimum Gasteiger partial charge on any atom is -0.357 e. The van der Waals surface area contributed by atoms with Crippen molar-refractivity contribution in [1.82, 2.24) is 9.71 Å². The number of hydrogen-bond donors (Lipinski definition) is 2.